The Morgan fingerprint density at radius 1 is 0.750 bits per heavy atom. The highest BCUT2D eigenvalue weighted by atomic mass is 33.1. The molecule has 0 fully saturated rings. The van der Waals surface area contributed by atoms with E-state index in [2.05, 4.69) is 0 Å². The van der Waals surface area contributed by atoms with Gasteiger partial charge in [-0.15, -0.1) is 0 Å². The maximum atomic E-state index is 11.1. The van der Waals surface area contributed by atoms with E-state index in [1.54, 1.807) is 0 Å². The van der Waals surface area contributed by atoms with E-state index in [0.29, 0.717) is 0 Å². The molecule has 0 spiro atoms. The van der Waals surface area contributed by atoms with Crippen molar-refractivity contribution in [3.05, 3.63) is 67.8 Å². The minimum atomic E-state index is -0.715. The summed E-state index contributed by atoms with van der Waals surface area (Å²) in [5.74, 6) is 0. The fraction of sp³-hybridized carbons (Fsp3) is 0. The molecular weight excluding hydrogens is 356 g/mol. The first-order valence-electron chi connectivity index (χ1n) is 6.15. The van der Waals surface area contributed by atoms with E-state index in [4.69, 9.17) is 0 Å². The first-order chi connectivity index (χ1) is 11.5. The highest BCUT2D eigenvalue weighted by Gasteiger charge is 2.24. The molecule has 2 rings (SSSR count). The lowest BCUT2D eigenvalue weighted by Crippen LogP contribution is -1.97. The third-order valence-corrected chi connectivity index (χ3v) is 5.23. The minimum Gasteiger partial charge on any atom is -0.285 e. The van der Waals surface area contributed by atoms with Crippen molar-refractivity contribution < 1.29 is 19.4 Å². The van der Waals surface area contributed by atoms with Crippen LogP contribution in [0.2, 0.25) is 0 Å². The second-order valence-electron chi connectivity index (χ2n) is 4.19. The van der Waals surface area contributed by atoms with Gasteiger partial charge in [0.2, 0.25) is 12.6 Å². The van der Waals surface area contributed by atoms with Crippen LogP contribution in [0.3, 0.4) is 0 Å². The average Bonchev–Trinajstić information content (AvgIpc) is 2.58. The molecule has 0 aliphatic heterocycles. The third-order valence-electron chi connectivity index (χ3n) is 2.80. The van der Waals surface area contributed by atoms with E-state index in [1.165, 1.54) is 49.0 Å². The zero-order valence-corrected chi connectivity index (χ0v) is 13.3. The summed E-state index contributed by atoms with van der Waals surface area (Å²) in [5, 5.41) is 22.3. The molecule has 8 nitrogen and oxygen atoms in total. The predicted molar refractivity (Wildman–Crippen MR) is 87.5 cm³/mol. The second kappa shape index (κ2) is 7.70. The number of nitrogens with zero attached hydrogens (tertiary/aromatic N) is 2. The number of rotatable bonds is 7. The van der Waals surface area contributed by atoms with Crippen LogP contribution in [0.4, 0.5) is 11.4 Å². The SMILES string of the molecule is O=[C]c1cccc(SSc2cccc([C]=O)c2[N+](=O)[O-])c1[N+](=O)[O-]. The number of hydrogen-bond acceptors (Lipinski definition) is 8. The molecule has 0 amide bonds. The Kier molecular flexibility index (Phi) is 5.66. The summed E-state index contributed by atoms with van der Waals surface area (Å²) in [6, 6.07) is 8.23. The van der Waals surface area contributed by atoms with E-state index in [9.17, 15) is 29.8 Å². The van der Waals surface area contributed by atoms with Crippen molar-refractivity contribution in [2.45, 2.75) is 9.79 Å². The molecule has 0 atom stereocenters. The van der Waals surface area contributed by atoms with Gasteiger partial charge < -0.3 is 0 Å². The Bertz CT molecular complexity index is 771. The van der Waals surface area contributed by atoms with Crippen LogP contribution in [0.25, 0.3) is 0 Å². The monoisotopic (exact) mass is 362 g/mol. The molecule has 0 aliphatic carbocycles. The Morgan fingerprint density at radius 2 is 1.12 bits per heavy atom. The van der Waals surface area contributed by atoms with Gasteiger partial charge in [-0.2, -0.15) is 0 Å². The summed E-state index contributed by atoms with van der Waals surface area (Å²) in [6.07, 6.45) is 2.98. The van der Waals surface area contributed by atoms with Gasteiger partial charge in [0, 0.05) is 0 Å². The standard InChI is InChI=1S/C14H6N2O6S2/c17-7-9-3-1-5-11(13(9)15(19)20)23-24-12-6-2-4-10(8-18)14(12)16(21)22/h1-6H. The Labute approximate surface area is 142 Å². The molecule has 0 unspecified atom stereocenters. The lowest BCUT2D eigenvalue weighted by molar-refractivity contribution is -0.388. The number of hydrogen-bond donors (Lipinski definition) is 0. The minimum absolute atomic E-state index is 0.139. The Hall–Kier alpha value is -2.72. The predicted octanol–water partition coefficient (Wildman–Crippen LogP) is 3.22. The van der Waals surface area contributed by atoms with Gasteiger partial charge in [0.05, 0.1) is 19.6 Å². The summed E-state index contributed by atoms with van der Waals surface area (Å²) in [4.78, 5) is 42.7. The third kappa shape index (κ3) is 3.60. The van der Waals surface area contributed by atoms with Gasteiger partial charge in [-0.25, -0.2) is 0 Å². The molecule has 24 heavy (non-hydrogen) atoms. The van der Waals surface area contributed by atoms with Crippen LogP contribution in [0.15, 0.2) is 46.2 Å². The van der Waals surface area contributed by atoms with Gasteiger partial charge in [0.25, 0.3) is 11.4 Å². The fourth-order valence-electron chi connectivity index (χ4n) is 1.81. The summed E-state index contributed by atoms with van der Waals surface area (Å²) in [6.45, 7) is 0. The molecular formula is C14H6N2O6S2. The van der Waals surface area contributed by atoms with Gasteiger partial charge >= 0.3 is 0 Å². The topological polar surface area (TPSA) is 120 Å². The number of carbonyl (C=O) groups excluding carboxylic acids is 2. The lowest BCUT2D eigenvalue weighted by atomic mass is 10.2. The Morgan fingerprint density at radius 3 is 1.42 bits per heavy atom. The van der Waals surface area contributed by atoms with Crippen LogP contribution in [0, 0.1) is 20.2 Å². The molecule has 0 bridgehead atoms. The zero-order valence-electron chi connectivity index (χ0n) is 11.6. The van der Waals surface area contributed by atoms with Crippen LogP contribution in [-0.4, -0.2) is 22.4 Å². The maximum absolute atomic E-state index is 11.1. The van der Waals surface area contributed by atoms with Gasteiger partial charge in [-0.05, 0) is 45.9 Å². The molecule has 0 N–H and O–H groups in total. The lowest BCUT2D eigenvalue weighted by Gasteiger charge is -2.05. The van der Waals surface area contributed by atoms with Crippen molar-refractivity contribution in [1.29, 1.82) is 0 Å². The second-order valence-corrected chi connectivity index (χ2v) is 6.40. The van der Waals surface area contributed by atoms with Crippen molar-refractivity contribution in [2.24, 2.45) is 0 Å². The van der Waals surface area contributed by atoms with Gasteiger partial charge in [-0.3, -0.25) is 29.8 Å². The molecule has 0 saturated carbocycles. The van der Waals surface area contributed by atoms with Crippen molar-refractivity contribution in [3.8, 4) is 0 Å². The summed E-state index contributed by atoms with van der Waals surface area (Å²) >= 11 is 0. The average molecular weight is 362 g/mol. The van der Waals surface area contributed by atoms with Gasteiger partial charge in [0.15, 0.2) is 0 Å². The molecule has 2 aromatic rings. The highest BCUT2D eigenvalue weighted by molar-refractivity contribution is 8.76. The molecule has 2 aromatic carbocycles. The smallest absolute Gasteiger partial charge is 0.285 e. The van der Waals surface area contributed by atoms with E-state index >= 15 is 0 Å². The van der Waals surface area contributed by atoms with Gasteiger partial charge in [-0.1, -0.05) is 12.1 Å². The van der Waals surface area contributed by atoms with Crippen molar-refractivity contribution >= 4 is 45.5 Å². The van der Waals surface area contributed by atoms with Crippen LogP contribution in [0.5, 0.6) is 0 Å². The normalized spacial score (nSPS) is 10.2. The molecule has 0 heterocycles. The quantitative estimate of drug-likeness (QED) is 0.418. The summed E-state index contributed by atoms with van der Waals surface area (Å²) in [5.41, 5.74) is -1.28. The van der Waals surface area contributed by atoms with Crippen LogP contribution >= 0.6 is 21.6 Å². The molecule has 120 valence electrons. The zero-order chi connectivity index (χ0) is 17.7. The summed E-state index contributed by atoms with van der Waals surface area (Å²) < 4.78 is 0. The van der Waals surface area contributed by atoms with E-state index in [0.717, 1.165) is 21.6 Å². The first-order valence-corrected chi connectivity index (χ1v) is 8.30. The maximum Gasteiger partial charge on any atom is 0.294 e. The van der Waals surface area contributed by atoms with Crippen LogP contribution < -0.4 is 0 Å². The van der Waals surface area contributed by atoms with E-state index in [-0.39, 0.29) is 20.9 Å². The Balaban J connectivity index is 2.40. The molecule has 0 aliphatic rings. The van der Waals surface area contributed by atoms with Crippen molar-refractivity contribution in [3.63, 3.8) is 0 Å². The largest absolute Gasteiger partial charge is 0.294 e. The first kappa shape index (κ1) is 17.6. The van der Waals surface area contributed by atoms with Gasteiger partial charge in [0.1, 0.15) is 11.1 Å². The molecule has 10 heteroatoms. The van der Waals surface area contributed by atoms with E-state index < -0.39 is 21.2 Å². The molecule has 0 saturated heterocycles. The number of para-hydroxylation sites is 2. The van der Waals surface area contributed by atoms with E-state index in [1.807, 2.05) is 0 Å². The number of nitro groups is 2. The molecule has 0 aromatic heterocycles. The number of nitro benzene ring substituents is 2. The van der Waals surface area contributed by atoms with Crippen molar-refractivity contribution in [2.75, 3.05) is 0 Å². The van der Waals surface area contributed by atoms with Crippen LogP contribution in [0.1, 0.15) is 11.1 Å². The summed E-state index contributed by atoms with van der Waals surface area (Å²) in [7, 11) is 1.74. The van der Waals surface area contributed by atoms with Crippen LogP contribution in [-0.2, 0) is 9.59 Å². The number of benzene rings is 2. The highest BCUT2D eigenvalue weighted by Crippen LogP contribution is 2.45. The molecule has 2 radical (unpaired) electrons. The van der Waals surface area contributed by atoms with Crippen molar-refractivity contribution in [1.82, 2.24) is 0 Å². The fourth-order valence-corrected chi connectivity index (χ4v) is 4.13.